The summed E-state index contributed by atoms with van der Waals surface area (Å²) in [5.74, 6) is 1.50. The maximum absolute atomic E-state index is 13.1. The van der Waals surface area contributed by atoms with Crippen LogP contribution in [0.2, 0.25) is 0 Å². The maximum Gasteiger partial charge on any atom is 0.257 e. The van der Waals surface area contributed by atoms with Crippen molar-refractivity contribution in [1.29, 1.82) is 5.26 Å². The number of hydrogen-bond donors (Lipinski definition) is 0. The molecule has 3 aromatic rings. The van der Waals surface area contributed by atoms with E-state index in [-0.39, 0.29) is 12.0 Å². The number of rotatable bonds is 8. The van der Waals surface area contributed by atoms with E-state index in [4.69, 9.17) is 14.4 Å². The summed E-state index contributed by atoms with van der Waals surface area (Å²) >= 11 is 0. The summed E-state index contributed by atoms with van der Waals surface area (Å²) in [7, 11) is 0. The Morgan fingerprint density at radius 1 is 1.00 bits per heavy atom. The zero-order valence-corrected chi connectivity index (χ0v) is 22.4. The van der Waals surface area contributed by atoms with Crippen LogP contribution in [-0.2, 0) is 11.3 Å². The molecule has 7 heteroatoms. The van der Waals surface area contributed by atoms with Crippen molar-refractivity contribution in [3.63, 3.8) is 0 Å². The van der Waals surface area contributed by atoms with Crippen LogP contribution < -0.4 is 4.90 Å². The average Bonchev–Trinajstić information content (AvgIpc) is 3.61. The molecule has 0 N–H and O–H groups in total. The van der Waals surface area contributed by atoms with Gasteiger partial charge >= 0.3 is 0 Å². The lowest BCUT2D eigenvalue weighted by molar-refractivity contribution is 0.00342. The van der Waals surface area contributed by atoms with E-state index in [1.54, 1.807) is 0 Å². The number of furan rings is 1. The molecule has 2 aliphatic rings. The number of carbonyl (C=O) groups is 1. The fourth-order valence-electron chi connectivity index (χ4n) is 5.41. The normalized spacial score (nSPS) is 17.0. The molecule has 0 aliphatic carbocycles. The van der Waals surface area contributed by atoms with Gasteiger partial charge in [-0.2, -0.15) is 5.26 Å². The highest BCUT2D eigenvalue weighted by molar-refractivity contribution is 5.95. The highest BCUT2D eigenvalue weighted by Crippen LogP contribution is 2.28. The molecule has 2 aliphatic heterocycles. The Morgan fingerprint density at radius 2 is 1.74 bits per heavy atom. The van der Waals surface area contributed by atoms with E-state index in [1.807, 2.05) is 49.1 Å². The van der Waals surface area contributed by atoms with Crippen molar-refractivity contribution in [2.45, 2.75) is 39.4 Å². The fourth-order valence-corrected chi connectivity index (χ4v) is 5.41. The second-order valence-corrected chi connectivity index (χ2v) is 10.3. The van der Waals surface area contributed by atoms with Gasteiger partial charge in [0.2, 0.25) is 0 Å². The zero-order chi connectivity index (χ0) is 26.5. The second-order valence-electron chi connectivity index (χ2n) is 10.3. The molecule has 7 nitrogen and oxygen atoms in total. The summed E-state index contributed by atoms with van der Waals surface area (Å²) < 4.78 is 12.1. The first-order valence-corrected chi connectivity index (χ1v) is 13.5. The highest BCUT2D eigenvalue weighted by Gasteiger charge is 2.27. The molecule has 0 bridgehead atoms. The van der Waals surface area contributed by atoms with Crippen molar-refractivity contribution in [3.05, 3.63) is 88.4 Å². The van der Waals surface area contributed by atoms with Gasteiger partial charge in [0.25, 0.3) is 5.91 Å². The summed E-state index contributed by atoms with van der Waals surface area (Å²) in [6.45, 7) is 10.1. The van der Waals surface area contributed by atoms with Gasteiger partial charge in [0.15, 0.2) is 0 Å². The first-order chi connectivity index (χ1) is 18.5. The number of amides is 1. The number of ether oxygens (including phenoxy) is 1. The Balaban J connectivity index is 1.27. The van der Waals surface area contributed by atoms with E-state index in [1.165, 1.54) is 24.1 Å². The summed E-state index contributed by atoms with van der Waals surface area (Å²) in [5, 5.41) is 9.11. The quantitative estimate of drug-likeness (QED) is 0.419. The van der Waals surface area contributed by atoms with Crippen molar-refractivity contribution in [1.82, 2.24) is 9.80 Å². The molecule has 1 aromatic heterocycles. The minimum Gasteiger partial charge on any atom is -0.466 e. The van der Waals surface area contributed by atoms with Crippen LogP contribution in [0.15, 0.2) is 59.0 Å². The fraction of sp³-hybridized carbons (Fsp3) is 0.419. The molecule has 2 aromatic carbocycles. The number of nitrogens with zero attached hydrogens (tertiary/aromatic N) is 4. The van der Waals surface area contributed by atoms with Crippen molar-refractivity contribution < 1.29 is 13.9 Å². The molecule has 2 saturated heterocycles. The number of hydrogen-bond acceptors (Lipinski definition) is 6. The molecule has 38 heavy (non-hydrogen) atoms. The summed E-state index contributed by atoms with van der Waals surface area (Å²) in [5.41, 5.74) is 4.79. The van der Waals surface area contributed by atoms with Crippen LogP contribution in [0.5, 0.6) is 0 Å². The van der Waals surface area contributed by atoms with Gasteiger partial charge in [-0.25, -0.2) is 0 Å². The maximum atomic E-state index is 13.1. The van der Waals surface area contributed by atoms with E-state index in [0.717, 1.165) is 44.0 Å². The van der Waals surface area contributed by atoms with E-state index in [2.05, 4.69) is 40.1 Å². The van der Waals surface area contributed by atoms with Crippen LogP contribution in [0, 0.1) is 25.2 Å². The second kappa shape index (κ2) is 11.8. The monoisotopic (exact) mass is 512 g/mol. The predicted molar refractivity (Wildman–Crippen MR) is 147 cm³/mol. The standard InChI is InChI=1S/C31H36N4O3/c1-23-18-29(24(2)38-23)31(36)35-16-14-33(15-17-35)21-30(37-22-26-10-8-25(20-32)9-11-26)27-6-5-7-28(19-27)34-12-3-4-13-34/h5-11,18-19,30H,3-4,12-17,21-22H2,1-2H3/t30-/m0/s1. The van der Waals surface area contributed by atoms with Crippen LogP contribution in [0.4, 0.5) is 5.69 Å². The van der Waals surface area contributed by atoms with Gasteiger partial charge in [-0.15, -0.1) is 0 Å². The van der Waals surface area contributed by atoms with Gasteiger partial charge in [-0.05, 0) is 68.1 Å². The molecule has 5 rings (SSSR count). The Morgan fingerprint density at radius 3 is 2.39 bits per heavy atom. The Kier molecular flexibility index (Phi) is 8.11. The van der Waals surface area contributed by atoms with E-state index in [0.29, 0.717) is 36.6 Å². The van der Waals surface area contributed by atoms with E-state index >= 15 is 0 Å². The molecule has 0 radical (unpaired) electrons. The first kappa shape index (κ1) is 26.0. The van der Waals surface area contributed by atoms with Crippen LogP contribution in [0.1, 0.15) is 57.5 Å². The Hall–Kier alpha value is -3.60. The smallest absolute Gasteiger partial charge is 0.257 e. The zero-order valence-electron chi connectivity index (χ0n) is 22.4. The number of carbonyl (C=O) groups excluding carboxylic acids is 1. The van der Waals surface area contributed by atoms with Crippen molar-refractivity contribution in [3.8, 4) is 6.07 Å². The highest BCUT2D eigenvalue weighted by atomic mass is 16.5. The van der Waals surface area contributed by atoms with Gasteiger partial charge in [0, 0.05) is 51.5 Å². The van der Waals surface area contributed by atoms with Gasteiger partial charge in [-0.3, -0.25) is 9.69 Å². The third-order valence-corrected chi connectivity index (χ3v) is 7.60. The topological polar surface area (TPSA) is 73.0 Å². The molecule has 3 heterocycles. The molecule has 2 fully saturated rings. The van der Waals surface area contributed by atoms with Gasteiger partial charge in [-0.1, -0.05) is 24.3 Å². The summed E-state index contributed by atoms with van der Waals surface area (Å²) in [6.07, 6.45) is 2.38. The van der Waals surface area contributed by atoms with Crippen molar-refractivity contribution in [2.24, 2.45) is 0 Å². The van der Waals surface area contributed by atoms with Crippen LogP contribution in [0.3, 0.4) is 0 Å². The first-order valence-electron chi connectivity index (χ1n) is 13.5. The lowest BCUT2D eigenvalue weighted by atomic mass is 10.1. The van der Waals surface area contributed by atoms with Gasteiger partial charge < -0.3 is 19.0 Å². The summed E-state index contributed by atoms with van der Waals surface area (Å²) in [6, 6.07) is 20.4. The number of nitriles is 1. The van der Waals surface area contributed by atoms with Crippen LogP contribution in [-0.4, -0.2) is 61.5 Å². The molecule has 1 atom stereocenters. The third-order valence-electron chi connectivity index (χ3n) is 7.60. The SMILES string of the molecule is Cc1cc(C(=O)N2CCN(C[C@H](OCc3ccc(C#N)cc3)c3cccc(N4CCCC4)c3)CC2)c(C)o1. The van der Waals surface area contributed by atoms with Crippen molar-refractivity contribution in [2.75, 3.05) is 50.7 Å². The third kappa shape index (κ3) is 6.09. The number of benzene rings is 2. The van der Waals surface area contributed by atoms with E-state index in [9.17, 15) is 4.79 Å². The Bertz CT molecular complexity index is 1280. The largest absolute Gasteiger partial charge is 0.466 e. The predicted octanol–water partition coefficient (Wildman–Crippen LogP) is 5.08. The van der Waals surface area contributed by atoms with Crippen LogP contribution >= 0.6 is 0 Å². The Labute approximate surface area is 225 Å². The lowest BCUT2D eigenvalue weighted by Gasteiger charge is -2.36. The van der Waals surface area contributed by atoms with Gasteiger partial charge in [0.05, 0.1) is 29.9 Å². The van der Waals surface area contributed by atoms with Crippen LogP contribution in [0.25, 0.3) is 0 Å². The minimum absolute atomic E-state index is 0.0472. The number of piperazine rings is 1. The van der Waals surface area contributed by atoms with E-state index < -0.39 is 0 Å². The summed E-state index contributed by atoms with van der Waals surface area (Å²) in [4.78, 5) is 19.8. The lowest BCUT2D eigenvalue weighted by Crippen LogP contribution is -2.49. The molecule has 1 amide bonds. The average molecular weight is 513 g/mol. The minimum atomic E-state index is -0.103. The molecular weight excluding hydrogens is 476 g/mol. The number of aryl methyl sites for hydroxylation is 2. The molecule has 0 spiro atoms. The molecule has 0 saturated carbocycles. The van der Waals surface area contributed by atoms with Gasteiger partial charge in [0.1, 0.15) is 11.5 Å². The number of anilines is 1. The molecule has 198 valence electrons. The molecular formula is C31H36N4O3. The molecule has 0 unspecified atom stereocenters. The van der Waals surface area contributed by atoms with Crippen molar-refractivity contribution >= 4 is 11.6 Å².